The third kappa shape index (κ3) is 4.09. The summed E-state index contributed by atoms with van der Waals surface area (Å²) in [6.07, 6.45) is 2.28. The van der Waals surface area contributed by atoms with Gasteiger partial charge in [-0.15, -0.1) is 0 Å². The summed E-state index contributed by atoms with van der Waals surface area (Å²) in [6, 6.07) is 24.4. The Morgan fingerprint density at radius 1 is 0.923 bits per heavy atom. The second-order valence-corrected chi connectivity index (χ2v) is 6.42. The van der Waals surface area contributed by atoms with Crippen molar-refractivity contribution in [3.05, 3.63) is 95.8 Å². The number of hydrogen-bond donors (Lipinski definition) is 1. The molecule has 4 heteroatoms. The lowest BCUT2D eigenvalue weighted by atomic mass is 9.86. The molecule has 0 radical (unpaired) electrons. The Morgan fingerprint density at radius 2 is 1.58 bits per heavy atom. The largest absolute Gasteiger partial charge is 0.411 e. The fourth-order valence-electron chi connectivity index (χ4n) is 3.04. The molecule has 1 unspecified atom stereocenters. The smallest absolute Gasteiger partial charge is 0.106 e. The van der Waals surface area contributed by atoms with E-state index in [-0.39, 0.29) is 5.92 Å². The predicted octanol–water partition coefficient (Wildman–Crippen LogP) is 4.55. The van der Waals surface area contributed by atoms with E-state index < -0.39 is 0 Å². The van der Waals surface area contributed by atoms with Crippen LogP contribution >= 0.6 is 0 Å². The molecule has 26 heavy (non-hydrogen) atoms. The molecule has 0 amide bonds. The molecule has 0 aliphatic rings. The maximum atomic E-state index is 9.58. The van der Waals surface area contributed by atoms with Gasteiger partial charge in [0.1, 0.15) is 5.71 Å². The quantitative estimate of drug-likeness (QED) is 0.405. The minimum Gasteiger partial charge on any atom is -0.411 e. The topological polar surface area (TPSA) is 48.7 Å². The van der Waals surface area contributed by atoms with Crippen LogP contribution in [-0.2, 0) is 0 Å². The molecule has 4 nitrogen and oxygen atoms in total. The van der Waals surface area contributed by atoms with E-state index in [1.54, 1.807) is 6.20 Å². The highest BCUT2D eigenvalue weighted by atomic mass is 16.4. The number of hydrogen-bond acceptors (Lipinski definition) is 4. The fourth-order valence-corrected chi connectivity index (χ4v) is 3.04. The molecule has 0 fully saturated rings. The molecule has 0 bridgehead atoms. The number of anilines is 1. The summed E-state index contributed by atoms with van der Waals surface area (Å²) in [6.45, 7) is 0. The average Bonchev–Trinajstić information content (AvgIpc) is 2.70. The van der Waals surface area contributed by atoms with Crippen molar-refractivity contribution in [1.82, 2.24) is 4.98 Å². The zero-order valence-corrected chi connectivity index (χ0v) is 15.1. The van der Waals surface area contributed by atoms with Gasteiger partial charge in [0, 0.05) is 38.3 Å². The van der Waals surface area contributed by atoms with Crippen molar-refractivity contribution in [3.8, 4) is 0 Å². The zero-order valence-electron chi connectivity index (χ0n) is 15.1. The van der Waals surface area contributed by atoms with E-state index in [9.17, 15) is 5.21 Å². The van der Waals surface area contributed by atoms with Crippen molar-refractivity contribution >= 4 is 11.4 Å². The number of pyridine rings is 1. The molecule has 3 rings (SSSR count). The maximum Gasteiger partial charge on any atom is 0.106 e. The Bertz CT molecular complexity index is 844. The molecule has 0 saturated heterocycles. The van der Waals surface area contributed by atoms with Crippen LogP contribution in [0.5, 0.6) is 0 Å². The van der Waals surface area contributed by atoms with Crippen LogP contribution in [0.15, 0.2) is 84.1 Å². The predicted molar refractivity (Wildman–Crippen MR) is 106 cm³/mol. The Morgan fingerprint density at radius 3 is 2.15 bits per heavy atom. The normalized spacial score (nSPS) is 12.6. The van der Waals surface area contributed by atoms with Gasteiger partial charge in [-0.05, 0) is 35.4 Å². The van der Waals surface area contributed by atoms with E-state index in [2.05, 4.69) is 51.4 Å². The molecule has 0 spiro atoms. The number of nitrogens with zero attached hydrogens (tertiary/aromatic N) is 3. The van der Waals surface area contributed by atoms with Crippen molar-refractivity contribution in [1.29, 1.82) is 0 Å². The van der Waals surface area contributed by atoms with Gasteiger partial charge in [-0.25, -0.2) is 0 Å². The average molecular weight is 345 g/mol. The van der Waals surface area contributed by atoms with Gasteiger partial charge in [0.25, 0.3) is 0 Å². The van der Waals surface area contributed by atoms with Crippen LogP contribution in [0.3, 0.4) is 0 Å². The molecular formula is C22H23N3O. The number of aromatic nitrogens is 1. The molecule has 0 aliphatic heterocycles. The second-order valence-electron chi connectivity index (χ2n) is 6.42. The van der Waals surface area contributed by atoms with E-state index in [0.29, 0.717) is 17.8 Å². The van der Waals surface area contributed by atoms with Crippen LogP contribution in [0, 0.1) is 0 Å². The van der Waals surface area contributed by atoms with Gasteiger partial charge >= 0.3 is 0 Å². The molecule has 2 aromatic carbocycles. The van der Waals surface area contributed by atoms with Crippen LogP contribution in [-0.4, -0.2) is 30.0 Å². The lowest BCUT2D eigenvalue weighted by Gasteiger charge is -2.20. The molecule has 1 aromatic heterocycles. The Kier molecular flexibility index (Phi) is 5.64. The molecule has 1 atom stereocenters. The monoisotopic (exact) mass is 345 g/mol. The first kappa shape index (κ1) is 17.7. The fraction of sp³-hybridized carbons (Fsp3) is 0.182. The summed E-state index contributed by atoms with van der Waals surface area (Å²) < 4.78 is 0. The van der Waals surface area contributed by atoms with Crippen molar-refractivity contribution in [2.24, 2.45) is 5.16 Å². The van der Waals surface area contributed by atoms with Crippen LogP contribution < -0.4 is 4.90 Å². The first-order chi connectivity index (χ1) is 12.7. The summed E-state index contributed by atoms with van der Waals surface area (Å²) in [5.74, 6) is 0.0836. The standard InChI is InChI=1S/C22H23N3O/c1-25(2)19-13-11-18(12-14-19)20(17-8-4-3-5-9-17)16-22(24-26)21-10-6-7-15-23-21/h3-15,20,26H,16H2,1-2H3/b24-22+. The Balaban J connectivity index is 1.96. The van der Waals surface area contributed by atoms with Gasteiger partial charge in [0.05, 0.1) is 5.69 Å². The first-order valence-corrected chi connectivity index (χ1v) is 8.63. The SMILES string of the molecule is CN(C)c1ccc(C(C/C(=N\O)c2ccccn2)c2ccccc2)cc1. The lowest BCUT2D eigenvalue weighted by molar-refractivity contribution is 0.317. The highest BCUT2D eigenvalue weighted by Crippen LogP contribution is 2.30. The Hall–Kier alpha value is -3.14. The molecule has 3 aromatic rings. The van der Waals surface area contributed by atoms with Crippen molar-refractivity contribution in [2.45, 2.75) is 12.3 Å². The number of rotatable bonds is 6. The van der Waals surface area contributed by atoms with Crippen molar-refractivity contribution < 1.29 is 5.21 Å². The van der Waals surface area contributed by atoms with E-state index in [1.807, 2.05) is 50.5 Å². The highest BCUT2D eigenvalue weighted by molar-refractivity contribution is 5.99. The van der Waals surface area contributed by atoms with Crippen LogP contribution in [0.2, 0.25) is 0 Å². The van der Waals surface area contributed by atoms with E-state index >= 15 is 0 Å². The minimum atomic E-state index is 0.0836. The van der Waals surface area contributed by atoms with Gasteiger partial charge in [0.15, 0.2) is 0 Å². The van der Waals surface area contributed by atoms with Crippen molar-refractivity contribution in [3.63, 3.8) is 0 Å². The van der Waals surface area contributed by atoms with Gasteiger partial charge in [0.2, 0.25) is 0 Å². The highest BCUT2D eigenvalue weighted by Gasteiger charge is 2.19. The van der Waals surface area contributed by atoms with Gasteiger partial charge in [-0.1, -0.05) is 53.7 Å². The van der Waals surface area contributed by atoms with Crippen LogP contribution in [0.25, 0.3) is 0 Å². The van der Waals surface area contributed by atoms with Gasteiger partial charge in [-0.3, -0.25) is 4.98 Å². The summed E-state index contributed by atoms with van der Waals surface area (Å²) in [5, 5.41) is 13.1. The minimum absolute atomic E-state index is 0.0836. The molecule has 0 aliphatic carbocycles. The van der Waals surface area contributed by atoms with E-state index in [1.165, 1.54) is 11.1 Å². The number of oxime groups is 1. The maximum absolute atomic E-state index is 9.58. The summed E-state index contributed by atoms with van der Waals surface area (Å²) in [5.41, 5.74) is 4.79. The van der Waals surface area contributed by atoms with Crippen LogP contribution in [0.4, 0.5) is 5.69 Å². The van der Waals surface area contributed by atoms with Crippen LogP contribution in [0.1, 0.15) is 29.2 Å². The molecule has 1 N–H and O–H groups in total. The van der Waals surface area contributed by atoms with E-state index in [4.69, 9.17) is 0 Å². The summed E-state index contributed by atoms with van der Waals surface area (Å²) in [4.78, 5) is 6.41. The lowest BCUT2D eigenvalue weighted by Crippen LogP contribution is -2.12. The van der Waals surface area contributed by atoms with E-state index in [0.717, 1.165) is 5.69 Å². The third-order valence-corrected chi connectivity index (χ3v) is 4.49. The third-order valence-electron chi connectivity index (χ3n) is 4.49. The molecule has 132 valence electrons. The summed E-state index contributed by atoms with van der Waals surface area (Å²) in [7, 11) is 4.06. The molecule has 0 saturated carbocycles. The second kappa shape index (κ2) is 8.30. The molecule has 1 heterocycles. The van der Waals surface area contributed by atoms with Crippen molar-refractivity contribution in [2.75, 3.05) is 19.0 Å². The zero-order chi connectivity index (χ0) is 18.4. The molecular weight excluding hydrogens is 322 g/mol. The van der Waals surface area contributed by atoms with Gasteiger partial charge < -0.3 is 10.1 Å². The number of benzene rings is 2. The van der Waals surface area contributed by atoms with Gasteiger partial charge in [-0.2, -0.15) is 0 Å². The Labute approximate surface area is 154 Å². The summed E-state index contributed by atoms with van der Waals surface area (Å²) >= 11 is 0. The first-order valence-electron chi connectivity index (χ1n) is 8.63.